The topological polar surface area (TPSA) is 78.7 Å². The first-order chi connectivity index (χ1) is 11.0. The van der Waals surface area contributed by atoms with Crippen molar-refractivity contribution in [3.63, 3.8) is 0 Å². The number of esters is 1. The van der Waals surface area contributed by atoms with Gasteiger partial charge in [-0.25, -0.2) is 4.79 Å². The number of carbonyl (C=O) groups is 1. The van der Waals surface area contributed by atoms with Gasteiger partial charge in [-0.1, -0.05) is 28.9 Å². The van der Waals surface area contributed by atoms with Crippen molar-refractivity contribution in [2.75, 3.05) is 6.61 Å². The van der Waals surface area contributed by atoms with Crippen molar-refractivity contribution in [1.82, 2.24) is 0 Å². The van der Waals surface area contributed by atoms with Gasteiger partial charge in [-0.2, -0.15) is 0 Å². The molecule has 0 bridgehead atoms. The highest BCUT2D eigenvalue weighted by Gasteiger charge is 2.17. The minimum absolute atomic E-state index is 0.102. The molecule has 0 saturated carbocycles. The van der Waals surface area contributed by atoms with E-state index in [1.54, 1.807) is 18.2 Å². The number of nitro benzene ring substituents is 1. The molecule has 2 rings (SSSR count). The molecule has 0 N–H and O–H groups in total. The first-order valence-electron chi connectivity index (χ1n) is 6.90. The summed E-state index contributed by atoms with van der Waals surface area (Å²) in [6.45, 7) is 2.43. The first-order valence-corrected chi connectivity index (χ1v) is 7.69. The Labute approximate surface area is 141 Å². The van der Waals surface area contributed by atoms with Crippen LogP contribution in [-0.4, -0.2) is 17.5 Å². The highest BCUT2D eigenvalue weighted by Crippen LogP contribution is 2.26. The maximum atomic E-state index is 12.3. The van der Waals surface area contributed by atoms with Gasteiger partial charge in [-0.15, -0.1) is 0 Å². The van der Waals surface area contributed by atoms with Gasteiger partial charge in [0, 0.05) is 10.5 Å². The Hall–Kier alpha value is -2.41. The van der Waals surface area contributed by atoms with Crippen LogP contribution >= 0.6 is 15.9 Å². The summed E-state index contributed by atoms with van der Waals surface area (Å²) in [7, 11) is 0. The van der Waals surface area contributed by atoms with Crippen LogP contribution in [0.1, 0.15) is 23.7 Å². The lowest BCUT2D eigenvalue weighted by Crippen LogP contribution is -2.11. The van der Waals surface area contributed by atoms with Gasteiger partial charge >= 0.3 is 5.97 Å². The molecule has 7 heteroatoms. The number of ether oxygens (including phenoxy) is 2. The number of nitro groups is 1. The lowest BCUT2D eigenvalue weighted by molar-refractivity contribution is -0.384. The van der Waals surface area contributed by atoms with Crippen LogP contribution in [0.3, 0.4) is 0 Å². The summed E-state index contributed by atoms with van der Waals surface area (Å²) in [5, 5.41) is 10.8. The Morgan fingerprint density at radius 2 is 2.04 bits per heavy atom. The second-order valence-corrected chi connectivity index (χ2v) is 5.55. The van der Waals surface area contributed by atoms with Gasteiger partial charge in [0.15, 0.2) is 0 Å². The van der Waals surface area contributed by atoms with Crippen molar-refractivity contribution in [3.8, 4) is 11.5 Å². The van der Waals surface area contributed by atoms with Gasteiger partial charge in [0.1, 0.15) is 17.1 Å². The van der Waals surface area contributed by atoms with Crippen molar-refractivity contribution in [1.29, 1.82) is 0 Å². The zero-order chi connectivity index (χ0) is 16.8. The number of halogens is 1. The standard InChI is InChI=1S/C16H14BrNO5/c1-2-8-22-15-7-6-11(17)9-14(15)16(19)23-13-5-3-4-12(10-13)18(20)21/h3-7,9-10H,2,8H2,1H3. The number of benzene rings is 2. The zero-order valence-electron chi connectivity index (χ0n) is 12.3. The van der Waals surface area contributed by atoms with Crippen LogP contribution < -0.4 is 9.47 Å². The van der Waals surface area contributed by atoms with Crippen LogP contribution in [0.4, 0.5) is 5.69 Å². The molecule has 0 fully saturated rings. The van der Waals surface area contributed by atoms with Crippen molar-refractivity contribution < 1.29 is 19.2 Å². The lowest BCUT2D eigenvalue weighted by Gasteiger charge is -2.11. The molecule has 0 atom stereocenters. The van der Waals surface area contributed by atoms with Gasteiger partial charge < -0.3 is 9.47 Å². The van der Waals surface area contributed by atoms with E-state index in [0.29, 0.717) is 16.8 Å². The second-order valence-electron chi connectivity index (χ2n) is 4.63. The van der Waals surface area contributed by atoms with E-state index in [1.165, 1.54) is 24.3 Å². The van der Waals surface area contributed by atoms with E-state index in [4.69, 9.17) is 9.47 Å². The minimum Gasteiger partial charge on any atom is -0.493 e. The van der Waals surface area contributed by atoms with Crippen LogP contribution in [0.2, 0.25) is 0 Å². The molecule has 0 heterocycles. The highest BCUT2D eigenvalue weighted by molar-refractivity contribution is 9.10. The number of hydrogen-bond donors (Lipinski definition) is 0. The molecule has 0 aliphatic rings. The van der Waals surface area contributed by atoms with Crippen molar-refractivity contribution >= 4 is 27.6 Å². The Balaban J connectivity index is 2.25. The molecule has 23 heavy (non-hydrogen) atoms. The van der Waals surface area contributed by atoms with Gasteiger partial charge in [-0.05, 0) is 30.7 Å². The molecule has 0 aliphatic heterocycles. The monoisotopic (exact) mass is 379 g/mol. The van der Waals surface area contributed by atoms with Crippen LogP contribution in [0.5, 0.6) is 11.5 Å². The van der Waals surface area contributed by atoms with Crippen LogP contribution in [0.25, 0.3) is 0 Å². The molecule has 2 aromatic carbocycles. The highest BCUT2D eigenvalue weighted by atomic mass is 79.9. The molecule has 0 spiro atoms. The number of hydrogen-bond acceptors (Lipinski definition) is 5. The van der Waals surface area contributed by atoms with Gasteiger partial charge in [0.25, 0.3) is 5.69 Å². The molecule has 0 unspecified atom stereocenters. The van der Waals surface area contributed by atoms with Gasteiger partial charge in [0.05, 0.1) is 17.6 Å². The SMILES string of the molecule is CCCOc1ccc(Br)cc1C(=O)Oc1cccc([N+](=O)[O-])c1. The number of non-ortho nitro benzene ring substituents is 1. The summed E-state index contributed by atoms with van der Waals surface area (Å²) in [6, 6.07) is 10.5. The molecule has 0 saturated heterocycles. The summed E-state index contributed by atoms with van der Waals surface area (Å²) in [5.41, 5.74) is 0.103. The Kier molecular flexibility index (Phi) is 5.70. The van der Waals surface area contributed by atoms with E-state index in [-0.39, 0.29) is 17.0 Å². The smallest absolute Gasteiger partial charge is 0.347 e. The van der Waals surface area contributed by atoms with E-state index >= 15 is 0 Å². The molecular weight excluding hydrogens is 366 g/mol. The van der Waals surface area contributed by atoms with Crippen LogP contribution in [0.15, 0.2) is 46.9 Å². The van der Waals surface area contributed by atoms with E-state index in [9.17, 15) is 14.9 Å². The van der Waals surface area contributed by atoms with E-state index < -0.39 is 10.9 Å². The van der Waals surface area contributed by atoms with Gasteiger partial charge in [-0.3, -0.25) is 10.1 Å². The molecule has 0 aromatic heterocycles. The minimum atomic E-state index is -0.641. The Bertz CT molecular complexity index is 732. The predicted molar refractivity (Wildman–Crippen MR) is 88.0 cm³/mol. The summed E-state index contributed by atoms with van der Waals surface area (Å²) < 4.78 is 11.5. The van der Waals surface area contributed by atoms with Crippen molar-refractivity contribution in [3.05, 3.63) is 62.6 Å². The number of nitrogens with zero attached hydrogens (tertiary/aromatic N) is 1. The molecule has 6 nitrogen and oxygen atoms in total. The summed E-state index contributed by atoms with van der Waals surface area (Å²) >= 11 is 3.30. The fourth-order valence-electron chi connectivity index (χ4n) is 1.82. The van der Waals surface area contributed by atoms with Crippen molar-refractivity contribution in [2.45, 2.75) is 13.3 Å². The third-order valence-electron chi connectivity index (χ3n) is 2.86. The van der Waals surface area contributed by atoms with Gasteiger partial charge in [0.2, 0.25) is 0 Å². The summed E-state index contributed by atoms with van der Waals surface area (Å²) in [5.74, 6) is -0.131. The lowest BCUT2D eigenvalue weighted by atomic mass is 10.2. The fraction of sp³-hybridized carbons (Fsp3) is 0.188. The quantitative estimate of drug-likeness (QED) is 0.322. The average molecular weight is 380 g/mol. The molecule has 0 amide bonds. The third-order valence-corrected chi connectivity index (χ3v) is 3.36. The first kappa shape index (κ1) is 17.0. The number of carbonyl (C=O) groups excluding carboxylic acids is 1. The molecule has 0 aliphatic carbocycles. The molecule has 120 valence electrons. The van der Waals surface area contributed by atoms with E-state index in [0.717, 1.165) is 6.42 Å². The normalized spacial score (nSPS) is 10.2. The van der Waals surface area contributed by atoms with E-state index in [1.807, 2.05) is 6.92 Å². The van der Waals surface area contributed by atoms with E-state index in [2.05, 4.69) is 15.9 Å². The molecule has 0 radical (unpaired) electrons. The maximum absolute atomic E-state index is 12.3. The number of rotatable bonds is 6. The largest absolute Gasteiger partial charge is 0.493 e. The van der Waals surface area contributed by atoms with Crippen LogP contribution in [-0.2, 0) is 0 Å². The summed E-state index contributed by atoms with van der Waals surface area (Å²) in [6.07, 6.45) is 0.801. The molecule has 2 aromatic rings. The van der Waals surface area contributed by atoms with Crippen molar-refractivity contribution in [2.24, 2.45) is 0 Å². The third kappa shape index (κ3) is 4.53. The predicted octanol–water partition coefficient (Wildman–Crippen LogP) is 4.37. The second kappa shape index (κ2) is 7.73. The maximum Gasteiger partial charge on any atom is 0.347 e. The van der Waals surface area contributed by atoms with Crippen LogP contribution in [0, 0.1) is 10.1 Å². The fourth-order valence-corrected chi connectivity index (χ4v) is 2.18. The summed E-state index contributed by atoms with van der Waals surface area (Å²) in [4.78, 5) is 22.6. The Morgan fingerprint density at radius 1 is 1.26 bits per heavy atom. The average Bonchev–Trinajstić information content (AvgIpc) is 2.53. The zero-order valence-corrected chi connectivity index (χ0v) is 13.9. The molecular formula is C16H14BrNO5. The Morgan fingerprint density at radius 3 is 2.74 bits per heavy atom.